The molecule has 0 aromatic heterocycles. The third kappa shape index (κ3) is 4.60. The summed E-state index contributed by atoms with van der Waals surface area (Å²) in [7, 11) is 0. The molecule has 0 saturated carbocycles. The molecular weight excluding hydrogens is 274 g/mol. The number of hydrogen-bond acceptors (Lipinski definition) is 2. The highest BCUT2D eigenvalue weighted by Gasteiger charge is 1.98. The molecule has 0 aliphatic heterocycles. The molecule has 116 valence electrons. The molecule has 0 unspecified atom stereocenters. The van der Waals surface area contributed by atoms with Gasteiger partial charge in [0.25, 0.3) is 0 Å². The first-order chi connectivity index (χ1) is 10.6. The van der Waals surface area contributed by atoms with Crippen molar-refractivity contribution >= 4 is 11.6 Å². The van der Waals surface area contributed by atoms with E-state index < -0.39 is 0 Å². The van der Waals surface area contributed by atoms with Crippen molar-refractivity contribution in [2.24, 2.45) is 10.7 Å². The zero-order valence-electron chi connectivity index (χ0n) is 13.1. The first kappa shape index (κ1) is 16.0. The average Bonchev–Trinajstić information content (AvgIpc) is 2.51. The van der Waals surface area contributed by atoms with Crippen molar-refractivity contribution in [3.8, 4) is 0 Å². The van der Waals surface area contributed by atoms with Gasteiger partial charge in [0.1, 0.15) is 0 Å². The average molecular weight is 297 g/mol. The Kier molecular flexibility index (Phi) is 5.55. The van der Waals surface area contributed by atoms with Crippen LogP contribution in [0.25, 0.3) is 0 Å². The van der Waals surface area contributed by atoms with E-state index in [0.717, 1.165) is 17.7 Å². The van der Waals surface area contributed by atoms with Crippen molar-refractivity contribution in [2.75, 3.05) is 11.9 Å². The fraction of sp³-hybridized carbons (Fsp3) is 0.278. The largest absolute Gasteiger partial charge is 0.392 e. The highest BCUT2D eigenvalue weighted by atomic mass is 16.3. The van der Waals surface area contributed by atoms with E-state index in [0.29, 0.717) is 12.5 Å². The van der Waals surface area contributed by atoms with Crippen molar-refractivity contribution in [1.29, 1.82) is 0 Å². The van der Waals surface area contributed by atoms with E-state index in [1.807, 2.05) is 30.3 Å². The monoisotopic (exact) mass is 297 g/mol. The molecule has 0 aliphatic rings. The number of aliphatic hydroxyl groups excluding tert-OH is 1. The highest BCUT2D eigenvalue weighted by Crippen LogP contribution is 2.13. The van der Waals surface area contributed by atoms with Gasteiger partial charge in [0, 0.05) is 12.2 Å². The maximum absolute atomic E-state index is 9.01. The second-order valence-corrected chi connectivity index (χ2v) is 5.42. The van der Waals surface area contributed by atoms with Gasteiger partial charge in [0.05, 0.1) is 6.61 Å². The zero-order chi connectivity index (χ0) is 15.9. The van der Waals surface area contributed by atoms with Crippen LogP contribution in [0, 0.1) is 13.8 Å². The number of aliphatic imine (C=N–C) groups is 1. The van der Waals surface area contributed by atoms with E-state index in [1.54, 1.807) is 0 Å². The van der Waals surface area contributed by atoms with E-state index in [1.165, 1.54) is 16.7 Å². The molecule has 0 aliphatic carbocycles. The Labute approximate surface area is 131 Å². The van der Waals surface area contributed by atoms with Crippen LogP contribution >= 0.6 is 0 Å². The Morgan fingerprint density at radius 1 is 1.05 bits per heavy atom. The Morgan fingerprint density at radius 2 is 1.73 bits per heavy atom. The van der Waals surface area contributed by atoms with Gasteiger partial charge in [-0.2, -0.15) is 0 Å². The van der Waals surface area contributed by atoms with Crippen LogP contribution in [-0.4, -0.2) is 17.6 Å². The van der Waals surface area contributed by atoms with Crippen LogP contribution in [0.5, 0.6) is 0 Å². The predicted octanol–water partition coefficient (Wildman–Crippen LogP) is 2.77. The minimum absolute atomic E-state index is 0.0747. The van der Waals surface area contributed by atoms with E-state index in [-0.39, 0.29) is 6.61 Å². The van der Waals surface area contributed by atoms with Crippen molar-refractivity contribution in [1.82, 2.24) is 0 Å². The topological polar surface area (TPSA) is 70.6 Å². The minimum Gasteiger partial charge on any atom is -0.392 e. The summed E-state index contributed by atoms with van der Waals surface area (Å²) in [5, 5.41) is 12.1. The quantitative estimate of drug-likeness (QED) is 0.587. The van der Waals surface area contributed by atoms with Gasteiger partial charge in [0.2, 0.25) is 0 Å². The van der Waals surface area contributed by atoms with Gasteiger partial charge in [-0.15, -0.1) is 0 Å². The summed E-state index contributed by atoms with van der Waals surface area (Å²) >= 11 is 0. The van der Waals surface area contributed by atoms with Gasteiger partial charge in [-0.05, 0) is 54.7 Å². The second-order valence-electron chi connectivity index (χ2n) is 5.42. The molecule has 0 heterocycles. The number of aliphatic hydroxyl groups is 1. The van der Waals surface area contributed by atoms with Gasteiger partial charge >= 0.3 is 0 Å². The maximum atomic E-state index is 9.01. The summed E-state index contributed by atoms with van der Waals surface area (Å²) in [6, 6.07) is 14.0. The number of anilines is 1. The molecule has 4 nitrogen and oxygen atoms in total. The number of nitrogens with one attached hydrogen (secondary N) is 1. The molecule has 0 atom stereocenters. The Bertz CT molecular complexity index is 648. The van der Waals surface area contributed by atoms with Crippen LogP contribution in [0.15, 0.2) is 47.5 Å². The molecule has 2 aromatic carbocycles. The van der Waals surface area contributed by atoms with Crippen LogP contribution in [0.1, 0.15) is 22.3 Å². The van der Waals surface area contributed by atoms with E-state index in [4.69, 9.17) is 10.8 Å². The zero-order valence-corrected chi connectivity index (χ0v) is 13.1. The number of nitrogens with zero attached hydrogens (tertiary/aromatic N) is 1. The Balaban J connectivity index is 1.87. The van der Waals surface area contributed by atoms with E-state index in [2.05, 4.69) is 36.3 Å². The molecular formula is C18H23N3O. The molecule has 0 bridgehead atoms. The number of benzene rings is 2. The molecule has 4 heteroatoms. The van der Waals surface area contributed by atoms with Gasteiger partial charge in [0.15, 0.2) is 5.96 Å². The summed E-state index contributed by atoms with van der Waals surface area (Å²) in [4.78, 5) is 4.34. The van der Waals surface area contributed by atoms with Crippen LogP contribution in [0.3, 0.4) is 0 Å². The lowest BCUT2D eigenvalue weighted by Crippen LogP contribution is -2.23. The summed E-state index contributed by atoms with van der Waals surface area (Å²) in [6.45, 7) is 4.86. The summed E-state index contributed by atoms with van der Waals surface area (Å²) in [6.07, 6.45) is 0.820. The molecule has 0 spiro atoms. The van der Waals surface area contributed by atoms with Crippen LogP contribution in [-0.2, 0) is 13.0 Å². The van der Waals surface area contributed by atoms with Crippen molar-refractivity contribution in [2.45, 2.75) is 26.9 Å². The van der Waals surface area contributed by atoms with E-state index >= 15 is 0 Å². The lowest BCUT2D eigenvalue weighted by atomic mass is 10.1. The number of nitrogens with two attached hydrogens (primary N) is 1. The third-order valence-corrected chi connectivity index (χ3v) is 3.67. The second kappa shape index (κ2) is 7.61. The third-order valence-electron chi connectivity index (χ3n) is 3.67. The fourth-order valence-corrected chi connectivity index (χ4v) is 2.12. The molecule has 2 rings (SSSR count). The summed E-state index contributed by atoms with van der Waals surface area (Å²) < 4.78 is 0. The first-order valence-electron chi connectivity index (χ1n) is 7.41. The van der Waals surface area contributed by atoms with Crippen molar-refractivity contribution in [3.05, 3.63) is 64.7 Å². The molecule has 0 saturated heterocycles. The van der Waals surface area contributed by atoms with Crippen molar-refractivity contribution < 1.29 is 5.11 Å². The molecule has 0 amide bonds. The normalized spacial score (nSPS) is 11.5. The Morgan fingerprint density at radius 3 is 2.36 bits per heavy atom. The van der Waals surface area contributed by atoms with Gasteiger partial charge in [-0.3, -0.25) is 4.99 Å². The predicted molar refractivity (Wildman–Crippen MR) is 92.1 cm³/mol. The van der Waals surface area contributed by atoms with Crippen molar-refractivity contribution in [3.63, 3.8) is 0 Å². The SMILES string of the molecule is Cc1ccc(NC(N)=NCCc2ccc(CO)cc2)cc1C. The fourth-order valence-electron chi connectivity index (χ4n) is 2.12. The van der Waals surface area contributed by atoms with Crippen LogP contribution in [0.4, 0.5) is 5.69 Å². The lowest BCUT2D eigenvalue weighted by molar-refractivity contribution is 0.282. The highest BCUT2D eigenvalue weighted by molar-refractivity contribution is 5.92. The van der Waals surface area contributed by atoms with Gasteiger partial charge in [-0.1, -0.05) is 30.3 Å². The molecule has 22 heavy (non-hydrogen) atoms. The maximum Gasteiger partial charge on any atom is 0.193 e. The van der Waals surface area contributed by atoms with Gasteiger partial charge < -0.3 is 16.2 Å². The molecule has 2 aromatic rings. The number of aryl methyl sites for hydroxylation is 2. The minimum atomic E-state index is 0.0747. The number of hydrogen-bond donors (Lipinski definition) is 3. The van der Waals surface area contributed by atoms with Gasteiger partial charge in [-0.25, -0.2) is 0 Å². The van der Waals surface area contributed by atoms with Crippen LogP contribution < -0.4 is 11.1 Å². The standard InChI is InChI=1S/C18H23N3O/c1-13-3-8-17(11-14(13)2)21-18(19)20-10-9-15-4-6-16(12-22)7-5-15/h3-8,11,22H,9-10,12H2,1-2H3,(H3,19,20,21). The number of guanidine groups is 1. The molecule has 0 radical (unpaired) electrons. The number of rotatable bonds is 5. The lowest BCUT2D eigenvalue weighted by Gasteiger charge is -2.08. The smallest absolute Gasteiger partial charge is 0.193 e. The van der Waals surface area contributed by atoms with Crippen LogP contribution in [0.2, 0.25) is 0 Å². The van der Waals surface area contributed by atoms with E-state index in [9.17, 15) is 0 Å². The summed E-state index contributed by atoms with van der Waals surface area (Å²) in [5.41, 5.74) is 11.4. The first-order valence-corrected chi connectivity index (χ1v) is 7.41. The summed E-state index contributed by atoms with van der Waals surface area (Å²) in [5.74, 6) is 0.426. The molecule has 4 N–H and O–H groups in total. The Hall–Kier alpha value is -2.33. The molecule has 0 fully saturated rings.